The lowest BCUT2D eigenvalue weighted by Crippen LogP contribution is -2.31. The second-order valence-electron chi connectivity index (χ2n) is 5.59. The minimum Gasteiger partial charge on any atom is -0.378 e. The van der Waals surface area contributed by atoms with Gasteiger partial charge in [-0.05, 0) is 62.9 Å². The van der Waals surface area contributed by atoms with Crippen LogP contribution in [0.5, 0.6) is 0 Å². The summed E-state index contributed by atoms with van der Waals surface area (Å²) in [5, 5.41) is 3.62. The van der Waals surface area contributed by atoms with E-state index in [9.17, 15) is 0 Å². The van der Waals surface area contributed by atoms with E-state index in [2.05, 4.69) is 52.4 Å². The second-order valence-corrected chi connectivity index (χ2v) is 7.59. The molecule has 21 heavy (non-hydrogen) atoms. The highest BCUT2D eigenvalue weighted by Gasteiger charge is 2.16. The van der Waals surface area contributed by atoms with Gasteiger partial charge >= 0.3 is 0 Å². The Labute approximate surface area is 141 Å². The molecule has 0 aliphatic carbocycles. The number of benzene rings is 1. The van der Waals surface area contributed by atoms with E-state index >= 15 is 0 Å². The van der Waals surface area contributed by atoms with Crippen LogP contribution in [0.1, 0.15) is 39.0 Å². The van der Waals surface area contributed by atoms with Gasteiger partial charge in [0.25, 0.3) is 0 Å². The van der Waals surface area contributed by atoms with Crippen LogP contribution in [0.3, 0.4) is 0 Å². The minimum atomic E-state index is 0.534. The van der Waals surface area contributed by atoms with Crippen LogP contribution in [0.2, 0.25) is 0 Å². The molecule has 1 aromatic rings. The van der Waals surface area contributed by atoms with Crippen LogP contribution in [0.4, 0.5) is 0 Å². The van der Waals surface area contributed by atoms with Gasteiger partial charge in [-0.15, -0.1) is 11.8 Å². The van der Waals surface area contributed by atoms with Crippen LogP contribution < -0.4 is 5.32 Å². The first-order valence-electron chi connectivity index (χ1n) is 8.01. The van der Waals surface area contributed by atoms with Crippen molar-refractivity contribution < 1.29 is 4.74 Å². The third kappa shape index (κ3) is 6.72. The van der Waals surface area contributed by atoms with Crippen molar-refractivity contribution >= 4 is 27.7 Å². The molecular formula is C17H26BrNOS. The van der Waals surface area contributed by atoms with Gasteiger partial charge in [-0.1, -0.05) is 22.9 Å². The Morgan fingerprint density at radius 2 is 2.19 bits per heavy atom. The summed E-state index contributed by atoms with van der Waals surface area (Å²) in [7, 11) is 0. The third-order valence-corrected chi connectivity index (χ3v) is 5.56. The Hall–Kier alpha value is -0.0300. The Morgan fingerprint density at radius 1 is 1.38 bits per heavy atom. The lowest BCUT2D eigenvalue weighted by atomic mass is 10.1. The molecule has 2 atom stereocenters. The maximum absolute atomic E-state index is 5.71. The Morgan fingerprint density at radius 3 is 2.86 bits per heavy atom. The first-order chi connectivity index (χ1) is 10.3. The predicted molar refractivity (Wildman–Crippen MR) is 95.2 cm³/mol. The third-order valence-electron chi connectivity index (χ3n) is 3.86. The van der Waals surface area contributed by atoms with E-state index in [1.54, 1.807) is 0 Å². The van der Waals surface area contributed by atoms with Gasteiger partial charge in [0, 0.05) is 27.8 Å². The number of halogens is 1. The first-order valence-corrected chi connectivity index (χ1v) is 9.79. The molecule has 0 spiro atoms. The Bertz CT molecular complexity index is 392. The summed E-state index contributed by atoms with van der Waals surface area (Å²) in [4.78, 5) is 1.35. The maximum atomic E-state index is 5.71. The summed E-state index contributed by atoms with van der Waals surface area (Å²) in [5.41, 5.74) is 0. The fraction of sp³-hybridized carbons (Fsp3) is 0.647. The van der Waals surface area contributed by atoms with Crippen LogP contribution >= 0.6 is 27.7 Å². The highest BCUT2D eigenvalue weighted by atomic mass is 79.9. The number of hydrogen-bond donors (Lipinski definition) is 1. The quantitative estimate of drug-likeness (QED) is 0.625. The molecule has 1 aliphatic rings. The van der Waals surface area contributed by atoms with Crippen LogP contribution in [-0.2, 0) is 4.74 Å². The van der Waals surface area contributed by atoms with Gasteiger partial charge in [0.2, 0.25) is 0 Å². The van der Waals surface area contributed by atoms with E-state index in [4.69, 9.17) is 4.74 Å². The van der Waals surface area contributed by atoms with Crippen molar-refractivity contribution in [3.63, 3.8) is 0 Å². The summed E-state index contributed by atoms with van der Waals surface area (Å²) >= 11 is 5.43. The van der Waals surface area contributed by atoms with Crippen molar-refractivity contribution in [2.75, 3.05) is 18.9 Å². The monoisotopic (exact) mass is 371 g/mol. The van der Waals surface area contributed by atoms with Crippen LogP contribution in [0.25, 0.3) is 0 Å². The standard InChI is InChI=1S/C17H26BrNOS/c1-2-19-15(5-3-6-16-7-4-12-20-16)13-21-17-10-8-14(18)9-11-17/h8-11,15-16,19H,2-7,12-13H2,1H3. The van der Waals surface area contributed by atoms with Crippen molar-refractivity contribution in [1.29, 1.82) is 0 Å². The summed E-state index contributed by atoms with van der Waals surface area (Å²) < 4.78 is 6.85. The van der Waals surface area contributed by atoms with Crippen molar-refractivity contribution in [3.8, 4) is 0 Å². The molecule has 1 fully saturated rings. The number of nitrogens with one attached hydrogen (secondary N) is 1. The van der Waals surface area contributed by atoms with Gasteiger partial charge in [-0.25, -0.2) is 0 Å². The minimum absolute atomic E-state index is 0.534. The van der Waals surface area contributed by atoms with Gasteiger partial charge in [-0.2, -0.15) is 0 Å². The highest BCUT2D eigenvalue weighted by molar-refractivity contribution is 9.10. The van der Waals surface area contributed by atoms with Crippen LogP contribution in [-0.4, -0.2) is 31.1 Å². The molecule has 0 amide bonds. The van der Waals surface area contributed by atoms with Crippen LogP contribution in [0, 0.1) is 0 Å². The van der Waals surface area contributed by atoms with Crippen molar-refractivity contribution in [3.05, 3.63) is 28.7 Å². The molecule has 1 N–H and O–H groups in total. The molecule has 4 heteroatoms. The van der Waals surface area contributed by atoms with Crippen molar-refractivity contribution in [1.82, 2.24) is 5.32 Å². The Balaban J connectivity index is 1.68. The zero-order valence-electron chi connectivity index (χ0n) is 12.8. The molecule has 0 bridgehead atoms. The molecule has 0 radical (unpaired) electrons. The largest absolute Gasteiger partial charge is 0.378 e. The van der Waals surface area contributed by atoms with Crippen molar-refractivity contribution in [2.45, 2.75) is 56.1 Å². The Kier molecular flexibility index (Phi) is 8.15. The van der Waals surface area contributed by atoms with Crippen LogP contribution in [0.15, 0.2) is 33.6 Å². The lowest BCUT2D eigenvalue weighted by Gasteiger charge is -2.18. The SMILES string of the molecule is CCNC(CCCC1CCCO1)CSc1ccc(Br)cc1. The van der Waals surface area contributed by atoms with Gasteiger partial charge in [0.05, 0.1) is 6.10 Å². The fourth-order valence-corrected chi connectivity index (χ4v) is 4.00. The molecule has 1 aliphatic heterocycles. The highest BCUT2D eigenvalue weighted by Crippen LogP contribution is 2.23. The molecule has 0 aromatic heterocycles. The number of ether oxygens (including phenoxy) is 1. The average molecular weight is 372 g/mol. The molecule has 2 rings (SSSR count). The van der Waals surface area contributed by atoms with Gasteiger partial charge in [0.15, 0.2) is 0 Å². The van der Waals surface area contributed by atoms with Gasteiger partial charge < -0.3 is 10.1 Å². The van der Waals surface area contributed by atoms with E-state index in [-0.39, 0.29) is 0 Å². The van der Waals surface area contributed by atoms with E-state index in [1.807, 2.05) is 11.8 Å². The fourth-order valence-electron chi connectivity index (χ4n) is 2.72. The first kappa shape index (κ1) is 17.3. The molecule has 2 unspecified atom stereocenters. The molecule has 1 saturated heterocycles. The second kappa shape index (κ2) is 9.88. The zero-order valence-corrected chi connectivity index (χ0v) is 15.2. The molecule has 118 valence electrons. The number of thioether (sulfide) groups is 1. The van der Waals surface area contributed by atoms with Gasteiger partial charge in [-0.3, -0.25) is 0 Å². The molecule has 1 heterocycles. The van der Waals surface area contributed by atoms with E-state index in [0.717, 1.165) is 23.4 Å². The average Bonchev–Trinajstić information content (AvgIpc) is 3.00. The number of hydrogen-bond acceptors (Lipinski definition) is 3. The summed E-state index contributed by atoms with van der Waals surface area (Å²) in [5.74, 6) is 1.14. The smallest absolute Gasteiger partial charge is 0.0576 e. The molecule has 0 saturated carbocycles. The predicted octanol–water partition coefficient (Wildman–Crippen LogP) is 4.87. The molecule has 2 nitrogen and oxygen atoms in total. The van der Waals surface area contributed by atoms with Gasteiger partial charge in [0.1, 0.15) is 0 Å². The van der Waals surface area contributed by atoms with E-state index in [0.29, 0.717) is 12.1 Å². The number of rotatable bonds is 9. The lowest BCUT2D eigenvalue weighted by molar-refractivity contribution is 0.101. The summed E-state index contributed by atoms with van der Waals surface area (Å²) in [6.45, 7) is 4.21. The topological polar surface area (TPSA) is 21.3 Å². The molecular weight excluding hydrogens is 346 g/mol. The molecule has 1 aromatic carbocycles. The summed E-state index contributed by atoms with van der Waals surface area (Å²) in [6.07, 6.45) is 6.79. The zero-order chi connectivity index (χ0) is 14.9. The van der Waals surface area contributed by atoms with E-state index in [1.165, 1.54) is 37.0 Å². The maximum Gasteiger partial charge on any atom is 0.0576 e. The summed E-state index contributed by atoms with van der Waals surface area (Å²) in [6, 6.07) is 9.20. The van der Waals surface area contributed by atoms with Crippen molar-refractivity contribution in [2.24, 2.45) is 0 Å². The normalized spacial score (nSPS) is 19.8. The van der Waals surface area contributed by atoms with E-state index < -0.39 is 0 Å².